The average Bonchev–Trinajstić information content (AvgIpc) is 2.92. The van der Waals surface area contributed by atoms with Gasteiger partial charge in [-0.2, -0.15) is 0 Å². The summed E-state index contributed by atoms with van der Waals surface area (Å²) in [6.45, 7) is 2.31. The Labute approximate surface area is 211 Å². The van der Waals surface area contributed by atoms with Gasteiger partial charge in [0.1, 0.15) is 11.6 Å². The van der Waals surface area contributed by atoms with Crippen LogP contribution in [0.3, 0.4) is 0 Å². The van der Waals surface area contributed by atoms with Crippen LogP contribution in [0, 0.1) is 5.92 Å². The summed E-state index contributed by atoms with van der Waals surface area (Å²) in [6, 6.07) is 16.5. The van der Waals surface area contributed by atoms with E-state index in [1.54, 1.807) is 30.5 Å². The number of nitrogens with zero attached hydrogens (tertiary/aromatic N) is 2. The summed E-state index contributed by atoms with van der Waals surface area (Å²) in [4.78, 5) is 30.7. The Morgan fingerprint density at radius 1 is 0.972 bits per heavy atom. The van der Waals surface area contributed by atoms with Crippen molar-refractivity contribution in [3.63, 3.8) is 0 Å². The smallest absolute Gasteiger partial charge is 0.335 e. The van der Waals surface area contributed by atoms with Crippen LogP contribution in [0.25, 0.3) is 0 Å². The van der Waals surface area contributed by atoms with Crippen molar-refractivity contribution >= 4 is 23.4 Å². The average molecular weight is 486 g/mol. The van der Waals surface area contributed by atoms with Gasteiger partial charge in [0.15, 0.2) is 0 Å². The van der Waals surface area contributed by atoms with E-state index in [2.05, 4.69) is 21.3 Å². The second-order valence-corrected chi connectivity index (χ2v) is 9.62. The van der Waals surface area contributed by atoms with Crippen molar-refractivity contribution in [2.75, 3.05) is 29.9 Å². The zero-order valence-corrected chi connectivity index (χ0v) is 20.3. The summed E-state index contributed by atoms with van der Waals surface area (Å²) in [6.07, 6.45) is 8.23. The summed E-state index contributed by atoms with van der Waals surface area (Å²) in [7, 11) is 0. The number of rotatable bonds is 7. The molecule has 5 rings (SSSR count). The van der Waals surface area contributed by atoms with E-state index in [-0.39, 0.29) is 11.5 Å². The molecular weight excluding hydrogens is 454 g/mol. The number of carboxylic acid groups (broad SMARTS) is 1. The number of pyridine rings is 1. The number of hydrogen-bond acceptors (Lipinski definition) is 5. The van der Waals surface area contributed by atoms with Gasteiger partial charge < -0.3 is 20.1 Å². The first kappa shape index (κ1) is 23.9. The van der Waals surface area contributed by atoms with Crippen molar-refractivity contribution in [1.82, 2.24) is 4.98 Å². The molecule has 1 aromatic heterocycles. The van der Waals surface area contributed by atoms with Gasteiger partial charge in [0, 0.05) is 18.7 Å². The second-order valence-electron chi connectivity index (χ2n) is 9.62. The quantitative estimate of drug-likeness (QED) is 0.478. The summed E-state index contributed by atoms with van der Waals surface area (Å²) >= 11 is 0. The predicted molar refractivity (Wildman–Crippen MR) is 139 cm³/mol. The lowest BCUT2D eigenvalue weighted by atomic mass is 9.90. The third-order valence-electron chi connectivity index (χ3n) is 7.12. The van der Waals surface area contributed by atoms with Crippen LogP contribution in [0.1, 0.15) is 57.5 Å². The maximum atomic E-state index is 12.7. The minimum atomic E-state index is -0.953. The van der Waals surface area contributed by atoms with Crippen LogP contribution in [-0.2, 0) is 12.8 Å². The van der Waals surface area contributed by atoms with Gasteiger partial charge in [-0.1, -0.05) is 12.1 Å². The molecule has 1 aliphatic carbocycles. The number of carbonyl (C=O) groups is 2. The minimum Gasteiger partial charge on any atom is -0.493 e. The predicted octanol–water partition coefficient (Wildman–Crippen LogP) is 5.21. The first-order valence-corrected chi connectivity index (χ1v) is 12.7. The highest BCUT2D eigenvalue weighted by Crippen LogP contribution is 2.25. The Kier molecular flexibility index (Phi) is 7.16. The van der Waals surface area contributed by atoms with Crippen molar-refractivity contribution in [2.24, 2.45) is 5.92 Å². The summed E-state index contributed by atoms with van der Waals surface area (Å²) in [5.41, 5.74) is 4.28. The van der Waals surface area contributed by atoms with Crippen molar-refractivity contribution in [1.29, 1.82) is 0 Å². The molecule has 0 atom stereocenters. The molecule has 0 radical (unpaired) electrons. The number of benzene rings is 2. The van der Waals surface area contributed by atoms with Gasteiger partial charge in [0.25, 0.3) is 5.91 Å². The molecule has 2 aliphatic rings. The van der Waals surface area contributed by atoms with E-state index < -0.39 is 5.97 Å². The van der Waals surface area contributed by atoms with Gasteiger partial charge >= 0.3 is 5.97 Å². The van der Waals surface area contributed by atoms with Crippen molar-refractivity contribution in [3.05, 3.63) is 83.0 Å². The number of carbonyl (C=O) groups excluding carboxylic acids is 1. The van der Waals surface area contributed by atoms with Crippen LogP contribution < -0.4 is 15.0 Å². The van der Waals surface area contributed by atoms with E-state index in [1.807, 2.05) is 24.3 Å². The van der Waals surface area contributed by atoms with Gasteiger partial charge in [-0.25, -0.2) is 9.78 Å². The molecule has 7 nitrogen and oxygen atoms in total. The molecule has 1 saturated heterocycles. The highest BCUT2D eigenvalue weighted by molar-refractivity contribution is 6.04. The van der Waals surface area contributed by atoms with Crippen LogP contribution in [0.4, 0.5) is 11.5 Å². The normalized spacial score (nSPS) is 15.7. The molecule has 1 fully saturated rings. The van der Waals surface area contributed by atoms with Crippen LogP contribution in [0.15, 0.2) is 60.8 Å². The number of amides is 1. The van der Waals surface area contributed by atoms with Gasteiger partial charge in [-0.15, -0.1) is 0 Å². The molecule has 1 aliphatic heterocycles. The molecule has 36 heavy (non-hydrogen) atoms. The molecule has 3 aromatic rings. The number of nitrogens with one attached hydrogen (secondary N) is 1. The second kappa shape index (κ2) is 10.8. The fourth-order valence-electron chi connectivity index (χ4n) is 4.99. The molecule has 0 bridgehead atoms. The first-order chi connectivity index (χ1) is 17.5. The van der Waals surface area contributed by atoms with Gasteiger partial charge in [-0.05, 0) is 98.0 Å². The van der Waals surface area contributed by atoms with Crippen LogP contribution in [0.2, 0.25) is 0 Å². The number of hydrogen-bond donors (Lipinski definition) is 2. The highest BCUT2D eigenvalue weighted by Gasteiger charge is 2.21. The molecule has 2 heterocycles. The lowest BCUT2D eigenvalue weighted by molar-refractivity contribution is 0.0696. The Hall–Kier alpha value is -3.87. The molecular formula is C29H31N3O4. The lowest BCUT2D eigenvalue weighted by Gasteiger charge is -2.32. The van der Waals surface area contributed by atoms with Crippen molar-refractivity contribution < 1.29 is 19.4 Å². The standard InChI is InChI=1S/C29H31N3O4/c33-28(23-9-8-21-4-1-2-5-22(21)16-23)31-25-10-11-27(30-18-25)32-14-12-20(13-15-32)19-36-26-7-3-6-24(17-26)29(34)35/h3,6-11,16-18,20H,1-2,4-5,12-15,19H2,(H,31,33)(H,34,35). The Morgan fingerprint density at radius 2 is 1.78 bits per heavy atom. The number of anilines is 2. The number of fused-ring (bicyclic) bond motifs is 1. The molecule has 1 amide bonds. The Balaban J connectivity index is 1.11. The fourth-order valence-corrected chi connectivity index (χ4v) is 4.99. The van der Waals surface area contributed by atoms with Crippen LogP contribution >= 0.6 is 0 Å². The van der Waals surface area contributed by atoms with E-state index in [9.17, 15) is 9.59 Å². The third kappa shape index (κ3) is 5.67. The van der Waals surface area contributed by atoms with E-state index in [0.717, 1.165) is 44.6 Å². The van der Waals surface area contributed by atoms with Crippen LogP contribution in [0.5, 0.6) is 5.75 Å². The molecule has 186 valence electrons. The minimum absolute atomic E-state index is 0.104. The number of carboxylic acids is 1. The number of aryl methyl sites for hydroxylation is 2. The van der Waals surface area contributed by atoms with E-state index >= 15 is 0 Å². The molecule has 0 spiro atoms. The van der Waals surface area contributed by atoms with E-state index in [4.69, 9.17) is 9.84 Å². The van der Waals surface area contributed by atoms with Crippen LogP contribution in [-0.4, -0.2) is 41.7 Å². The Morgan fingerprint density at radius 3 is 2.53 bits per heavy atom. The zero-order chi connectivity index (χ0) is 24.9. The third-order valence-corrected chi connectivity index (χ3v) is 7.12. The topological polar surface area (TPSA) is 91.8 Å². The fraction of sp³-hybridized carbons (Fsp3) is 0.345. The lowest BCUT2D eigenvalue weighted by Crippen LogP contribution is -2.36. The van der Waals surface area contributed by atoms with Crippen molar-refractivity contribution in [2.45, 2.75) is 38.5 Å². The summed E-state index contributed by atoms with van der Waals surface area (Å²) in [5, 5.41) is 12.1. The number of aromatic nitrogens is 1. The summed E-state index contributed by atoms with van der Waals surface area (Å²) < 4.78 is 5.86. The van der Waals surface area contributed by atoms with Crippen molar-refractivity contribution in [3.8, 4) is 5.75 Å². The maximum absolute atomic E-state index is 12.7. The molecule has 2 aromatic carbocycles. The molecule has 7 heteroatoms. The molecule has 0 unspecified atom stereocenters. The van der Waals surface area contributed by atoms with Gasteiger partial charge in [0.2, 0.25) is 0 Å². The number of aromatic carboxylic acids is 1. The zero-order valence-electron chi connectivity index (χ0n) is 20.3. The van der Waals surface area contributed by atoms with Gasteiger partial charge in [-0.3, -0.25) is 4.79 Å². The van der Waals surface area contributed by atoms with E-state index in [1.165, 1.54) is 24.0 Å². The monoisotopic (exact) mass is 485 g/mol. The summed E-state index contributed by atoms with van der Waals surface area (Å²) in [5.74, 6) is 0.838. The van der Waals surface area contributed by atoms with Gasteiger partial charge in [0.05, 0.1) is 24.1 Å². The molecule has 0 saturated carbocycles. The number of ether oxygens (including phenoxy) is 1. The number of piperidine rings is 1. The highest BCUT2D eigenvalue weighted by atomic mass is 16.5. The van der Waals surface area contributed by atoms with E-state index in [0.29, 0.717) is 29.5 Å². The maximum Gasteiger partial charge on any atom is 0.335 e. The largest absolute Gasteiger partial charge is 0.493 e. The Bertz CT molecular complexity index is 1230. The SMILES string of the molecule is O=C(O)c1cccc(OCC2CCN(c3ccc(NC(=O)c4ccc5c(c4)CCCC5)cn3)CC2)c1. The first-order valence-electron chi connectivity index (χ1n) is 12.7. The molecule has 2 N–H and O–H groups in total.